The highest BCUT2D eigenvalue weighted by Gasteiger charge is 2.26. The summed E-state index contributed by atoms with van der Waals surface area (Å²) in [6.07, 6.45) is 1.11. The van der Waals surface area contributed by atoms with E-state index >= 15 is 0 Å². The smallest absolute Gasteiger partial charge is 0.223 e. The Kier molecular flexibility index (Phi) is 5.60. The van der Waals surface area contributed by atoms with E-state index in [1.165, 1.54) is 6.26 Å². The van der Waals surface area contributed by atoms with Crippen LogP contribution in [0.5, 0.6) is 0 Å². The van der Waals surface area contributed by atoms with Crippen LogP contribution in [0, 0.1) is 5.92 Å². The molecule has 1 heterocycles. The fourth-order valence-electron chi connectivity index (χ4n) is 2.40. The van der Waals surface area contributed by atoms with E-state index in [9.17, 15) is 9.90 Å². The van der Waals surface area contributed by atoms with Gasteiger partial charge in [-0.3, -0.25) is 4.79 Å². The molecule has 108 valence electrons. The summed E-state index contributed by atoms with van der Waals surface area (Å²) in [7, 11) is 0. The van der Waals surface area contributed by atoms with Crippen molar-refractivity contribution in [2.75, 3.05) is 0 Å². The van der Waals surface area contributed by atoms with Gasteiger partial charge in [0.15, 0.2) is 0 Å². The van der Waals surface area contributed by atoms with Crippen molar-refractivity contribution in [2.45, 2.75) is 59.2 Å². The molecule has 0 unspecified atom stereocenters. The van der Waals surface area contributed by atoms with Gasteiger partial charge in [-0.25, -0.2) is 0 Å². The minimum atomic E-state index is -0.736. The maximum absolute atomic E-state index is 12.3. The van der Waals surface area contributed by atoms with Gasteiger partial charge >= 0.3 is 0 Å². The van der Waals surface area contributed by atoms with Gasteiger partial charge in [0.05, 0.1) is 6.26 Å². The topological polar surface area (TPSA) is 53.7 Å². The lowest BCUT2D eigenvalue weighted by Gasteiger charge is -2.32. The first-order valence-corrected chi connectivity index (χ1v) is 6.87. The van der Waals surface area contributed by atoms with E-state index in [2.05, 4.69) is 0 Å². The number of aliphatic hydroxyl groups excluding tert-OH is 1. The van der Waals surface area contributed by atoms with Crippen LogP contribution in [0.1, 0.15) is 52.9 Å². The van der Waals surface area contributed by atoms with E-state index in [-0.39, 0.29) is 23.9 Å². The molecule has 1 aromatic rings. The van der Waals surface area contributed by atoms with Crippen molar-refractivity contribution in [1.82, 2.24) is 4.90 Å². The Balaban J connectivity index is 2.65. The van der Waals surface area contributed by atoms with E-state index < -0.39 is 6.10 Å². The molecule has 0 aliphatic rings. The second kappa shape index (κ2) is 6.75. The number of rotatable bonds is 6. The number of furan rings is 1. The van der Waals surface area contributed by atoms with E-state index in [1.807, 2.05) is 39.5 Å². The molecule has 0 saturated heterocycles. The molecular weight excluding hydrogens is 242 g/mol. The summed E-state index contributed by atoms with van der Waals surface area (Å²) in [5.74, 6) is 0.419. The first kappa shape index (κ1) is 15.8. The van der Waals surface area contributed by atoms with Gasteiger partial charge in [-0.15, -0.1) is 0 Å². The summed E-state index contributed by atoms with van der Waals surface area (Å²) in [6, 6.07) is 3.80. The number of carbonyl (C=O) groups is 1. The summed E-state index contributed by atoms with van der Waals surface area (Å²) in [4.78, 5) is 14.1. The van der Waals surface area contributed by atoms with Gasteiger partial charge in [0.2, 0.25) is 5.91 Å². The number of aliphatic hydroxyl groups is 1. The van der Waals surface area contributed by atoms with Crippen LogP contribution in [0.3, 0.4) is 0 Å². The lowest BCUT2D eigenvalue weighted by Crippen LogP contribution is -2.42. The Hall–Kier alpha value is -1.29. The highest BCUT2D eigenvalue weighted by atomic mass is 16.4. The normalized spacial score (nSPS) is 14.7. The quantitative estimate of drug-likeness (QED) is 0.862. The highest BCUT2D eigenvalue weighted by molar-refractivity contribution is 5.77. The van der Waals surface area contributed by atoms with Crippen molar-refractivity contribution in [2.24, 2.45) is 5.92 Å². The predicted molar refractivity (Wildman–Crippen MR) is 74.6 cm³/mol. The van der Waals surface area contributed by atoms with Gasteiger partial charge < -0.3 is 14.4 Å². The zero-order valence-electron chi connectivity index (χ0n) is 12.5. The molecule has 0 aromatic carbocycles. The molecule has 0 aliphatic heterocycles. The van der Waals surface area contributed by atoms with Gasteiger partial charge in [0.25, 0.3) is 0 Å². The monoisotopic (exact) mass is 267 g/mol. The van der Waals surface area contributed by atoms with Crippen molar-refractivity contribution in [3.8, 4) is 0 Å². The Morgan fingerprint density at radius 1 is 1.26 bits per heavy atom. The molecule has 1 aromatic heterocycles. The molecular formula is C15H25NO3. The average molecular weight is 267 g/mol. The van der Waals surface area contributed by atoms with E-state index in [4.69, 9.17) is 4.42 Å². The molecule has 0 spiro atoms. The Labute approximate surface area is 115 Å². The van der Waals surface area contributed by atoms with Crippen molar-refractivity contribution >= 4 is 5.91 Å². The molecule has 2 atom stereocenters. The lowest BCUT2D eigenvalue weighted by atomic mass is 9.97. The highest BCUT2D eigenvalue weighted by Crippen LogP contribution is 2.25. The SMILES string of the molecule is CC(C)N(C(=O)C[C@@H](C)[C@@H](O)c1ccco1)C(C)C. The van der Waals surface area contributed by atoms with Crippen molar-refractivity contribution in [3.05, 3.63) is 24.2 Å². The number of hydrogen-bond donors (Lipinski definition) is 1. The van der Waals surface area contributed by atoms with Crippen LogP contribution < -0.4 is 0 Å². The zero-order valence-corrected chi connectivity index (χ0v) is 12.5. The Morgan fingerprint density at radius 3 is 2.26 bits per heavy atom. The third-order valence-corrected chi connectivity index (χ3v) is 3.27. The molecule has 1 amide bonds. The van der Waals surface area contributed by atoms with Gasteiger partial charge in [0, 0.05) is 18.5 Å². The van der Waals surface area contributed by atoms with Crippen LogP contribution >= 0.6 is 0 Å². The van der Waals surface area contributed by atoms with Gasteiger partial charge in [0.1, 0.15) is 11.9 Å². The molecule has 4 nitrogen and oxygen atoms in total. The standard InChI is InChI=1S/C15H25NO3/c1-10(2)16(11(3)4)14(17)9-12(5)15(18)13-7-6-8-19-13/h6-8,10-12,15,18H,9H2,1-5H3/t12-,15-/m1/s1. The molecule has 0 aliphatic carbocycles. The molecule has 0 bridgehead atoms. The number of carbonyl (C=O) groups excluding carboxylic acids is 1. The van der Waals surface area contributed by atoms with Crippen LogP contribution in [0.2, 0.25) is 0 Å². The fourth-order valence-corrected chi connectivity index (χ4v) is 2.40. The van der Waals surface area contributed by atoms with Crippen LogP contribution in [-0.2, 0) is 4.79 Å². The minimum Gasteiger partial charge on any atom is -0.467 e. The van der Waals surface area contributed by atoms with Gasteiger partial charge in [-0.05, 0) is 45.7 Å². The van der Waals surface area contributed by atoms with Crippen LogP contribution in [0.15, 0.2) is 22.8 Å². The third-order valence-electron chi connectivity index (χ3n) is 3.27. The summed E-state index contributed by atoms with van der Waals surface area (Å²) in [6.45, 7) is 9.89. The van der Waals surface area contributed by atoms with Crippen molar-refractivity contribution in [1.29, 1.82) is 0 Å². The molecule has 1 rings (SSSR count). The molecule has 0 radical (unpaired) electrons. The van der Waals surface area contributed by atoms with Crippen molar-refractivity contribution in [3.63, 3.8) is 0 Å². The predicted octanol–water partition coefficient (Wildman–Crippen LogP) is 2.98. The van der Waals surface area contributed by atoms with Crippen LogP contribution in [0.25, 0.3) is 0 Å². The molecule has 0 fully saturated rings. The fraction of sp³-hybridized carbons (Fsp3) is 0.667. The Bertz CT molecular complexity index is 376. The molecule has 1 N–H and O–H groups in total. The summed E-state index contributed by atoms with van der Waals surface area (Å²) >= 11 is 0. The zero-order chi connectivity index (χ0) is 14.6. The average Bonchev–Trinajstić information content (AvgIpc) is 2.79. The van der Waals surface area contributed by atoms with Gasteiger partial charge in [-0.1, -0.05) is 6.92 Å². The first-order valence-electron chi connectivity index (χ1n) is 6.87. The second-order valence-electron chi connectivity index (χ2n) is 5.63. The summed E-state index contributed by atoms with van der Waals surface area (Å²) in [5.41, 5.74) is 0. The largest absolute Gasteiger partial charge is 0.467 e. The number of hydrogen-bond acceptors (Lipinski definition) is 3. The van der Waals surface area contributed by atoms with E-state index in [1.54, 1.807) is 12.1 Å². The molecule has 19 heavy (non-hydrogen) atoms. The van der Waals surface area contributed by atoms with Crippen LogP contribution in [-0.4, -0.2) is 28.0 Å². The molecule has 0 saturated carbocycles. The first-order chi connectivity index (χ1) is 8.84. The number of nitrogens with zero attached hydrogens (tertiary/aromatic N) is 1. The maximum Gasteiger partial charge on any atom is 0.223 e. The lowest BCUT2D eigenvalue weighted by molar-refractivity contribution is -0.136. The van der Waals surface area contributed by atoms with Crippen molar-refractivity contribution < 1.29 is 14.3 Å². The summed E-state index contributed by atoms with van der Waals surface area (Å²) < 4.78 is 5.18. The Morgan fingerprint density at radius 2 is 1.84 bits per heavy atom. The second-order valence-corrected chi connectivity index (χ2v) is 5.63. The van der Waals surface area contributed by atoms with E-state index in [0.717, 1.165) is 0 Å². The molecule has 4 heteroatoms. The third kappa shape index (κ3) is 4.10. The van der Waals surface area contributed by atoms with Gasteiger partial charge in [-0.2, -0.15) is 0 Å². The number of amides is 1. The van der Waals surface area contributed by atoms with Crippen LogP contribution in [0.4, 0.5) is 0 Å². The minimum absolute atomic E-state index is 0.0723. The maximum atomic E-state index is 12.3. The summed E-state index contributed by atoms with van der Waals surface area (Å²) in [5, 5.41) is 10.1. The van der Waals surface area contributed by atoms with E-state index in [0.29, 0.717) is 12.2 Å².